The van der Waals surface area contributed by atoms with Crippen molar-refractivity contribution in [3.05, 3.63) is 65.2 Å². The van der Waals surface area contributed by atoms with Gasteiger partial charge in [0.1, 0.15) is 39.2 Å². The molecule has 11 heteroatoms. The zero-order chi connectivity index (χ0) is 23.8. The first-order chi connectivity index (χ1) is 16.4. The number of amides is 1. The molecule has 4 aromatic rings. The van der Waals surface area contributed by atoms with Gasteiger partial charge in [-0.15, -0.1) is 11.3 Å². The lowest BCUT2D eigenvalue weighted by atomic mass is 10.1. The molecular weight excluding hydrogens is 465 g/mol. The molecule has 1 aliphatic rings. The second-order valence-electron chi connectivity index (χ2n) is 7.95. The minimum Gasteiger partial charge on any atom is -0.366 e. The Bertz CT molecular complexity index is 1370. The summed E-state index contributed by atoms with van der Waals surface area (Å²) in [5, 5.41) is 2.76. The molecule has 1 saturated heterocycles. The maximum Gasteiger partial charge on any atom is 0.274 e. The highest BCUT2D eigenvalue weighted by Gasteiger charge is 2.25. The molecule has 5 rings (SSSR count). The van der Waals surface area contributed by atoms with Crippen molar-refractivity contribution in [3.8, 4) is 11.3 Å². The number of fused-ring (bicyclic) bond motifs is 1. The monoisotopic (exact) mass is 484 g/mol. The van der Waals surface area contributed by atoms with Crippen LogP contribution in [0.5, 0.6) is 0 Å². The van der Waals surface area contributed by atoms with Gasteiger partial charge >= 0.3 is 0 Å². The Kier molecular flexibility index (Phi) is 5.88. The van der Waals surface area contributed by atoms with E-state index in [0.29, 0.717) is 28.3 Å². The number of nitrogens with one attached hydrogen (secondary N) is 1. The average molecular weight is 485 g/mol. The zero-order valence-corrected chi connectivity index (χ0v) is 18.6. The van der Waals surface area contributed by atoms with Crippen LogP contribution in [0.15, 0.2) is 42.0 Å². The molecule has 1 atom stereocenters. The molecule has 1 fully saturated rings. The number of anilines is 2. The molecule has 0 aliphatic carbocycles. The summed E-state index contributed by atoms with van der Waals surface area (Å²) in [6.07, 6.45) is 3.31. The van der Waals surface area contributed by atoms with E-state index in [1.807, 2.05) is 0 Å². The number of piperidine rings is 1. The second kappa shape index (κ2) is 8.99. The number of nitrogens with zero attached hydrogens (tertiary/aromatic N) is 4. The third-order valence-electron chi connectivity index (χ3n) is 5.64. The van der Waals surface area contributed by atoms with Crippen molar-refractivity contribution in [1.82, 2.24) is 15.0 Å². The molecule has 1 aliphatic heterocycles. The van der Waals surface area contributed by atoms with Gasteiger partial charge in [-0.3, -0.25) is 4.79 Å². The molecule has 0 unspecified atom stereocenters. The van der Waals surface area contributed by atoms with Crippen LogP contribution < -0.4 is 16.0 Å². The molecule has 0 radical (unpaired) electrons. The number of benzene rings is 1. The Hall–Kier alpha value is -3.57. The first-order valence-electron chi connectivity index (χ1n) is 10.6. The first-order valence-corrected chi connectivity index (χ1v) is 11.5. The van der Waals surface area contributed by atoms with Crippen LogP contribution in [-0.4, -0.2) is 40.0 Å². The van der Waals surface area contributed by atoms with E-state index >= 15 is 0 Å². The van der Waals surface area contributed by atoms with Crippen LogP contribution in [0.2, 0.25) is 0 Å². The maximum atomic E-state index is 14.4. The van der Waals surface area contributed by atoms with Crippen LogP contribution in [0.3, 0.4) is 0 Å². The smallest absolute Gasteiger partial charge is 0.274 e. The Morgan fingerprint density at radius 2 is 1.91 bits per heavy atom. The molecule has 1 aromatic carbocycles. The quantitative estimate of drug-likeness (QED) is 0.447. The SMILES string of the molecule is N[C@H]1CCCN(c2c(NC(=O)c3ccc(F)c(-c4c(F)cccc4F)n3)cnc3scnc23)C1. The van der Waals surface area contributed by atoms with E-state index in [1.54, 1.807) is 5.51 Å². The lowest BCUT2D eigenvalue weighted by molar-refractivity contribution is 0.102. The molecule has 174 valence electrons. The summed E-state index contributed by atoms with van der Waals surface area (Å²) >= 11 is 1.38. The number of pyridine rings is 2. The molecule has 3 aromatic heterocycles. The van der Waals surface area contributed by atoms with Gasteiger partial charge in [-0.2, -0.15) is 0 Å². The molecule has 0 saturated carbocycles. The molecule has 0 bridgehead atoms. The van der Waals surface area contributed by atoms with Gasteiger partial charge < -0.3 is 16.0 Å². The van der Waals surface area contributed by atoms with E-state index in [9.17, 15) is 18.0 Å². The molecule has 4 heterocycles. The normalized spacial score (nSPS) is 16.1. The Morgan fingerprint density at radius 1 is 1.12 bits per heavy atom. The number of carbonyl (C=O) groups is 1. The number of nitrogens with two attached hydrogens (primary N) is 1. The van der Waals surface area contributed by atoms with Gasteiger partial charge in [0.25, 0.3) is 5.91 Å². The van der Waals surface area contributed by atoms with Crippen molar-refractivity contribution < 1.29 is 18.0 Å². The van der Waals surface area contributed by atoms with Crippen LogP contribution in [0.25, 0.3) is 21.6 Å². The van der Waals surface area contributed by atoms with Gasteiger partial charge in [-0.25, -0.2) is 28.1 Å². The summed E-state index contributed by atoms with van der Waals surface area (Å²) in [6.45, 7) is 1.32. The standard InChI is InChI=1S/C23H19F3N6OS/c24-13-4-1-5-14(25)18(13)19-15(26)6-7-16(30-19)22(33)31-17-9-28-23-20(29-11-34-23)21(17)32-8-2-3-12(27)10-32/h1,4-7,9,11-12H,2-3,8,10,27H2,(H,31,33)/t12-/m0/s1. The van der Waals surface area contributed by atoms with Gasteiger partial charge in [-0.05, 0) is 37.1 Å². The molecule has 3 N–H and O–H groups in total. The fourth-order valence-corrected chi connectivity index (χ4v) is 4.72. The molecular formula is C23H19F3N6OS. The Balaban J connectivity index is 1.52. The van der Waals surface area contributed by atoms with Crippen molar-refractivity contribution in [1.29, 1.82) is 0 Å². The molecule has 7 nitrogen and oxygen atoms in total. The van der Waals surface area contributed by atoms with E-state index < -0.39 is 34.6 Å². The summed E-state index contributed by atoms with van der Waals surface area (Å²) < 4.78 is 42.9. The second-order valence-corrected chi connectivity index (χ2v) is 8.79. The average Bonchev–Trinajstić information content (AvgIpc) is 3.28. The lowest BCUT2D eigenvalue weighted by Gasteiger charge is -2.33. The predicted molar refractivity (Wildman–Crippen MR) is 124 cm³/mol. The number of aromatic nitrogens is 3. The Labute approximate surface area is 196 Å². The summed E-state index contributed by atoms with van der Waals surface area (Å²) in [7, 11) is 0. The fraction of sp³-hybridized carbons (Fsp3) is 0.217. The number of hydrogen-bond donors (Lipinski definition) is 2. The van der Waals surface area contributed by atoms with E-state index in [0.717, 1.165) is 49.7 Å². The largest absolute Gasteiger partial charge is 0.366 e. The topological polar surface area (TPSA) is 97.0 Å². The third kappa shape index (κ3) is 4.08. The number of carbonyl (C=O) groups excluding carboxylic acids is 1. The molecule has 0 spiro atoms. The lowest BCUT2D eigenvalue weighted by Crippen LogP contribution is -2.43. The highest BCUT2D eigenvalue weighted by atomic mass is 32.1. The summed E-state index contributed by atoms with van der Waals surface area (Å²) in [5.41, 5.74) is 8.13. The van der Waals surface area contributed by atoms with E-state index in [-0.39, 0.29) is 11.7 Å². The number of thiazole rings is 1. The summed E-state index contributed by atoms with van der Waals surface area (Å²) in [5.74, 6) is -3.59. The van der Waals surface area contributed by atoms with Gasteiger partial charge in [0.2, 0.25) is 0 Å². The van der Waals surface area contributed by atoms with Gasteiger partial charge in [0.05, 0.1) is 28.6 Å². The van der Waals surface area contributed by atoms with Crippen LogP contribution in [0.1, 0.15) is 23.3 Å². The number of rotatable bonds is 4. The van der Waals surface area contributed by atoms with Crippen molar-refractivity contribution in [2.45, 2.75) is 18.9 Å². The van der Waals surface area contributed by atoms with Crippen LogP contribution >= 0.6 is 11.3 Å². The van der Waals surface area contributed by atoms with Crippen molar-refractivity contribution in [2.75, 3.05) is 23.3 Å². The number of halogens is 3. The van der Waals surface area contributed by atoms with Crippen molar-refractivity contribution in [2.24, 2.45) is 5.73 Å². The predicted octanol–water partition coefficient (Wildman–Crippen LogP) is 4.35. The summed E-state index contributed by atoms with van der Waals surface area (Å²) in [4.78, 5) is 28.6. The van der Waals surface area contributed by atoms with E-state index in [2.05, 4.69) is 25.2 Å². The minimum absolute atomic E-state index is 0.0175. The van der Waals surface area contributed by atoms with E-state index in [4.69, 9.17) is 5.73 Å². The van der Waals surface area contributed by atoms with E-state index in [1.165, 1.54) is 17.5 Å². The van der Waals surface area contributed by atoms with Crippen molar-refractivity contribution in [3.63, 3.8) is 0 Å². The molecule has 34 heavy (non-hydrogen) atoms. The molecule has 1 amide bonds. The zero-order valence-electron chi connectivity index (χ0n) is 17.8. The van der Waals surface area contributed by atoms with Gasteiger partial charge in [0.15, 0.2) is 0 Å². The van der Waals surface area contributed by atoms with Crippen LogP contribution in [0.4, 0.5) is 24.5 Å². The van der Waals surface area contributed by atoms with Gasteiger partial charge in [-0.1, -0.05) is 6.07 Å². The third-order valence-corrected chi connectivity index (χ3v) is 6.37. The Morgan fingerprint density at radius 3 is 2.68 bits per heavy atom. The highest BCUT2D eigenvalue weighted by Crippen LogP contribution is 2.36. The highest BCUT2D eigenvalue weighted by molar-refractivity contribution is 7.16. The van der Waals surface area contributed by atoms with Crippen LogP contribution in [-0.2, 0) is 0 Å². The first kappa shape index (κ1) is 22.2. The minimum atomic E-state index is -0.981. The maximum absolute atomic E-state index is 14.4. The van der Waals surface area contributed by atoms with Crippen LogP contribution in [0, 0.1) is 17.5 Å². The van der Waals surface area contributed by atoms with Crippen molar-refractivity contribution >= 4 is 39.0 Å². The van der Waals surface area contributed by atoms with Gasteiger partial charge in [0, 0.05) is 19.1 Å². The fourth-order valence-electron chi connectivity index (χ4n) is 4.08. The summed E-state index contributed by atoms with van der Waals surface area (Å²) in [6, 6.07) is 5.25. The number of hydrogen-bond acceptors (Lipinski definition) is 7.